The van der Waals surface area contributed by atoms with Crippen molar-refractivity contribution in [1.82, 2.24) is 4.90 Å². The van der Waals surface area contributed by atoms with Gasteiger partial charge in [0.2, 0.25) is 5.91 Å². The van der Waals surface area contributed by atoms with Crippen molar-refractivity contribution >= 4 is 24.5 Å². The molecule has 1 atom stereocenters. The summed E-state index contributed by atoms with van der Waals surface area (Å²) in [6, 6.07) is -0.890. The van der Waals surface area contributed by atoms with Crippen LogP contribution < -0.4 is 0 Å². The van der Waals surface area contributed by atoms with E-state index in [1.807, 2.05) is 0 Å². The van der Waals surface area contributed by atoms with E-state index >= 15 is 0 Å². The van der Waals surface area contributed by atoms with Gasteiger partial charge in [-0.3, -0.25) is 4.79 Å². The number of thiol groups is 1. The van der Waals surface area contributed by atoms with Crippen LogP contribution in [0.5, 0.6) is 0 Å². The predicted molar refractivity (Wildman–Crippen MR) is 48.2 cm³/mol. The third-order valence-corrected chi connectivity index (χ3v) is 1.79. The van der Waals surface area contributed by atoms with Gasteiger partial charge in [0.15, 0.2) is 0 Å². The van der Waals surface area contributed by atoms with Gasteiger partial charge in [-0.2, -0.15) is 12.6 Å². The molecule has 0 aliphatic heterocycles. The first-order valence-corrected chi connectivity index (χ1v) is 3.90. The summed E-state index contributed by atoms with van der Waals surface area (Å²) in [5.41, 5.74) is 0. The Labute approximate surface area is 76.3 Å². The first kappa shape index (κ1) is 11.0. The molecule has 0 aromatic carbocycles. The highest BCUT2D eigenvalue weighted by molar-refractivity contribution is 7.80. The van der Waals surface area contributed by atoms with E-state index in [0.29, 0.717) is 0 Å². The van der Waals surface area contributed by atoms with Crippen LogP contribution >= 0.6 is 12.6 Å². The van der Waals surface area contributed by atoms with Crippen molar-refractivity contribution in [2.45, 2.75) is 6.04 Å². The van der Waals surface area contributed by atoms with Gasteiger partial charge in [0, 0.05) is 12.8 Å². The minimum Gasteiger partial charge on any atom is -0.480 e. The maximum atomic E-state index is 10.9. The second kappa shape index (κ2) is 4.82. The molecule has 0 aromatic rings. The van der Waals surface area contributed by atoms with Gasteiger partial charge in [-0.05, 0) is 6.08 Å². The molecule has 4 nitrogen and oxygen atoms in total. The number of carboxylic acid groups (broad SMARTS) is 1. The summed E-state index contributed by atoms with van der Waals surface area (Å²) >= 11 is 3.82. The lowest BCUT2D eigenvalue weighted by molar-refractivity contribution is -0.146. The van der Waals surface area contributed by atoms with Crippen LogP contribution in [0.4, 0.5) is 0 Å². The third kappa shape index (κ3) is 2.58. The molecule has 0 spiro atoms. The van der Waals surface area contributed by atoms with Crippen molar-refractivity contribution in [2.75, 3.05) is 12.8 Å². The lowest BCUT2D eigenvalue weighted by atomic mass is 10.3. The molecule has 0 fully saturated rings. The second-order valence-corrected chi connectivity index (χ2v) is 2.56. The molecule has 12 heavy (non-hydrogen) atoms. The number of carboxylic acids is 1. The molecule has 0 saturated heterocycles. The molecule has 0 aliphatic carbocycles. The van der Waals surface area contributed by atoms with Crippen LogP contribution in [0.25, 0.3) is 0 Å². The molecule has 0 aromatic heterocycles. The Kier molecular flexibility index (Phi) is 4.43. The number of amides is 1. The topological polar surface area (TPSA) is 57.6 Å². The highest BCUT2D eigenvalue weighted by Crippen LogP contribution is 2.00. The number of hydrogen-bond donors (Lipinski definition) is 2. The van der Waals surface area contributed by atoms with E-state index in [4.69, 9.17) is 5.11 Å². The molecule has 0 heterocycles. The van der Waals surface area contributed by atoms with E-state index in [-0.39, 0.29) is 5.75 Å². The zero-order chi connectivity index (χ0) is 9.72. The van der Waals surface area contributed by atoms with Crippen molar-refractivity contribution in [2.24, 2.45) is 0 Å². The molecule has 1 amide bonds. The van der Waals surface area contributed by atoms with E-state index in [1.54, 1.807) is 0 Å². The first-order valence-electron chi connectivity index (χ1n) is 3.27. The molecule has 1 N–H and O–H groups in total. The Morgan fingerprint density at radius 1 is 1.75 bits per heavy atom. The number of likely N-dealkylation sites (N-methyl/N-ethyl adjacent to an activating group) is 1. The molecule has 5 heteroatoms. The van der Waals surface area contributed by atoms with Crippen LogP contribution in [-0.2, 0) is 9.59 Å². The summed E-state index contributed by atoms with van der Waals surface area (Å²) in [6.45, 7) is 3.25. The minimum atomic E-state index is -1.07. The third-order valence-electron chi connectivity index (χ3n) is 1.45. The van der Waals surface area contributed by atoms with Crippen LogP contribution in [0, 0.1) is 0 Å². The van der Waals surface area contributed by atoms with Crippen molar-refractivity contribution in [3.8, 4) is 0 Å². The van der Waals surface area contributed by atoms with E-state index in [2.05, 4.69) is 19.2 Å². The van der Waals surface area contributed by atoms with Gasteiger partial charge in [0.25, 0.3) is 0 Å². The zero-order valence-corrected chi connectivity index (χ0v) is 7.62. The lowest BCUT2D eigenvalue weighted by Crippen LogP contribution is -2.42. The van der Waals surface area contributed by atoms with Gasteiger partial charge < -0.3 is 10.0 Å². The second-order valence-electron chi connectivity index (χ2n) is 2.19. The standard InChI is InChI=1S/C7H11NO3S/c1-3-6(9)8(2)5(4-12)7(10)11/h3,5,12H,1,4H2,2H3,(H,10,11)/t5-/m0/s1. The largest absolute Gasteiger partial charge is 0.480 e. The smallest absolute Gasteiger partial charge is 0.327 e. The number of hydrogen-bond acceptors (Lipinski definition) is 3. The van der Waals surface area contributed by atoms with Crippen LogP contribution in [0.2, 0.25) is 0 Å². The molecule has 0 radical (unpaired) electrons. The summed E-state index contributed by atoms with van der Waals surface area (Å²) in [4.78, 5) is 22.5. The van der Waals surface area contributed by atoms with Crippen LogP contribution in [0.3, 0.4) is 0 Å². The number of aliphatic carboxylic acids is 1. The summed E-state index contributed by atoms with van der Waals surface area (Å²) < 4.78 is 0. The normalized spacial score (nSPS) is 11.8. The maximum absolute atomic E-state index is 10.9. The molecule has 0 bridgehead atoms. The average molecular weight is 189 g/mol. The molecule has 0 aliphatic rings. The van der Waals surface area contributed by atoms with Gasteiger partial charge in [-0.1, -0.05) is 6.58 Å². The van der Waals surface area contributed by atoms with Gasteiger partial charge in [-0.25, -0.2) is 4.79 Å². The Morgan fingerprint density at radius 3 is 2.50 bits per heavy atom. The number of rotatable bonds is 4. The maximum Gasteiger partial charge on any atom is 0.327 e. The van der Waals surface area contributed by atoms with E-state index in [9.17, 15) is 9.59 Å². The van der Waals surface area contributed by atoms with Crippen molar-refractivity contribution < 1.29 is 14.7 Å². The van der Waals surface area contributed by atoms with Gasteiger partial charge >= 0.3 is 5.97 Å². The summed E-state index contributed by atoms with van der Waals surface area (Å²) in [7, 11) is 1.40. The fraction of sp³-hybridized carbons (Fsp3) is 0.429. The fourth-order valence-corrected chi connectivity index (χ4v) is 1.06. The van der Waals surface area contributed by atoms with Crippen molar-refractivity contribution in [3.05, 3.63) is 12.7 Å². The van der Waals surface area contributed by atoms with Crippen LogP contribution in [-0.4, -0.2) is 40.7 Å². The van der Waals surface area contributed by atoms with E-state index in [0.717, 1.165) is 11.0 Å². The fourth-order valence-electron chi connectivity index (χ4n) is 0.664. The van der Waals surface area contributed by atoms with Crippen molar-refractivity contribution in [1.29, 1.82) is 0 Å². The Balaban J connectivity index is 4.40. The molecule has 68 valence electrons. The zero-order valence-electron chi connectivity index (χ0n) is 6.73. The predicted octanol–water partition coefficient (Wildman–Crippen LogP) is 0.0138. The van der Waals surface area contributed by atoms with E-state index < -0.39 is 17.9 Å². The molecular weight excluding hydrogens is 178 g/mol. The Morgan fingerprint density at radius 2 is 2.25 bits per heavy atom. The van der Waals surface area contributed by atoms with Crippen LogP contribution in [0.15, 0.2) is 12.7 Å². The Hall–Kier alpha value is -0.970. The van der Waals surface area contributed by atoms with Gasteiger partial charge in [-0.15, -0.1) is 0 Å². The molecular formula is C7H11NO3S. The quantitative estimate of drug-likeness (QED) is 0.484. The summed E-state index contributed by atoms with van der Waals surface area (Å²) in [5, 5.41) is 8.61. The highest BCUT2D eigenvalue weighted by Gasteiger charge is 2.23. The Bertz CT molecular complexity index is 205. The van der Waals surface area contributed by atoms with Gasteiger partial charge in [0.05, 0.1) is 0 Å². The summed E-state index contributed by atoms with van der Waals surface area (Å²) in [5.74, 6) is -1.40. The van der Waals surface area contributed by atoms with Crippen LogP contribution in [0.1, 0.15) is 0 Å². The lowest BCUT2D eigenvalue weighted by Gasteiger charge is -2.21. The summed E-state index contributed by atoms with van der Waals surface area (Å²) in [6.07, 6.45) is 1.07. The van der Waals surface area contributed by atoms with Crippen molar-refractivity contribution in [3.63, 3.8) is 0 Å². The minimum absolute atomic E-state index is 0.0887. The number of carbonyl (C=O) groups excluding carboxylic acids is 1. The monoisotopic (exact) mass is 189 g/mol. The molecule has 0 rings (SSSR count). The number of carbonyl (C=O) groups is 2. The highest BCUT2D eigenvalue weighted by atomic mass is 32.1. The molecule has 0 unspecified atom stereocenters. The molecule has 0 saturated carbocycles. The first-order chi connectivity index (χ1) is 5.54. The van der Waals surface area contributed by atoms with E-state index in [1.165, 1.54) is 7.05 Å². The number of nitrogens with zero attached hydrogens (tertiary/aromatic N) is 1. The average Bonchev–Trinajstić information content (AvgIpc) is 2.03. The SMILES string of the molecule is C=CC(=O)N(C)[C@@H](CS)C(=O)O. The van der Waals surface area contributed by atoms with Gasteiger partial charge in [0.1, 0.15) is 6.04 Å².